The normalized spacial score (nSPS) is 10.5. The average Bonchev–Trinajstić information content (AvgIpc) is 2.16. The van der Waals surface area contributed by atoms with Crippen molar-refractivity contribution >= 4 is 28.6 Å². The number of aromatic carboxylic acids is 1. The SMILES string of the molecule is COc1c(C(F)F)ncc(C(=O)O)c1I. The number of hydrogen-bond acceptors (Lipinski definition) is 3. The van der Waals surface area contributed by atoms with Crippen molar-refractivity contribution in [1.29, 1.82) is 0 Å². The van der Waals surface area contributed by atoms with Crippen molar-refractivity contribution in [3.63, 3.8) is 0 Å². The molecule has 0 aromatic carbocycles. The van der Waals surface area contributed by atoms with Crippen molar-refractivity contribution in [2.45, 2.75) is 6.43 Å². The van der Waals surface area contributed by atoms with E-state index in [1.165, 1.54) is 7.11 Å². The molecule has 0 aliphatic carbocycles. The first kappa shape index (κ1) is 12.1. The summed E-state index contributed by atoms with van der Waals surface area (Å²) in [5.41, 5.74) is -0.705. The molecule has 7 heteroatoms. The molecular formula is C8H6F2INO3. The quantitative estimate of drug-likeness (QED) is 0.865. The molecule has 0 aliphatic rings. The van der Waals surface area contributed by atoms with Gasteiger partial charge in [-0.05, 0) is 22.6 Å². The lowest BCUT2D eigenvalue weighted by molar-refractivity contribution is 0.0693. The molecule has 0 amide bonds. The summed E-state index contributed by atoms with van der Waals surface area (Å²) in [7, 11) is 1.19. The van der Waals surface area contributed by atoms with Gasteiger partial charge in [-0.15, -0.1) is 0 Å². The van der Waals surface area contributed by atoms with E-state index < -0.39 is 18.1 Å². The largest absolute Gasteiger partial charge is 0.493 e. The molecule has 0 spiro atoms. The minimum Gasteiger partial charge on any atom is -0.493 e. The van der Waals surface area contributed by atoms with Gasteiger partial charge in [0, 0.05) is 6.20 Å². The summed E-state index contributed by atoms with van der Waals surface area (Å²) in [6.07, 6.45) is -1.90. The van der Waals surface area contributed by atoms with E-state index in [0.29, 0.717) is 0 Å². The van der Waals surface area contributed by atoms with Crippen molar-refractivity contribution in [3.05, 3.63) is 21.0 Å². The summed E-state index contributed by atoms with van der Waals surface area (Å²) in [5, 5.41) is 8.73. The van der Waals surface area contributed by atoms with Gasteiger partial charge in [0.2, 0.25) is 0 Å². The van der Waals surface area contributed by atoms with E-state index in [1.807, 2.05) is 0 Å². The van der Waals surface area contributed by atoms with E-state index in [1.54, 1.807) is 22.6 Å². The molecule has 15 heavy (non-hydrogen) atoms. The number of hydrogen-bond donors (Lipinski definition) is 1. The first-order chi connectivity index (χ1) is 6.99. The van der Waals surface area contributed by atoms with Crippen LogP contribution < -0.4 is 4.74 Å². The zero-order valence-electron chi connectivity index (χ0n) is 7.50. The number of alkyl halides is 2. The Balaban J connectivity index is 3.39. The number of aromatic nitrogens is 1. The van der Waals surface area contributed by atoms with Crippen molar-refractivity contribution in [3.8, 4) is 5.75 Å². The van der Waals surface area contributed by atoms with Crippen LogP contribution in [0.15, 0.2) is 6.20 Å². The molecule has 0 atom stereocenters. The molecule has 0 bridgehead atoms. The molecular weight excluding hydrogens is 323 g/mol. The average molecular weight is 329 g/mol. The van der Waals surface area contributed by atoms with Crippen molar-refractivity contribution in [2.24, 2.45) is 0 Å². The summed E-state index contributed by atoms with van der Waals surface area (Å²) >= 11 is 1.64. The highest BCUT2D eigenvalue weighted by molar-refractivity contribution is 14.1. The fraction of sp³-hybridized carbons (Fsp3) is 0.250. The van der Waals surface area contributed by atoms with Gasteiger partial charge in [-0.25, -0.2) is 13.6 Å². The Hall–Kier alpha value is -0.990. The lowest BCUT2D eigenvalue weighted by Crippen LogP contribution is -2.06. The second-order valence-electron chi connectivity index (χ2n) is 2.51. The number of methoxy groups -OCH3 is 1. The van der Waals surface area contributed by atoms with Crippen LogP contribution in [0.2, 0.25) is 0 Å². The number of carbonyl (C=O) groups is 1. The minimum atomic E-state index is -2.80. The topological polar surface area (TPSA) is 59.4 Å². The number of halogens is 3. The number of nitrogens with zero attached hydrogens (tertiary/aromatic N) is 1. The van der Waals surface area contributed by atoms with E-state index >= 15 is 0 Å². The Morgan fingerprint density at radius 3 is 2.67 bits per heavy atom. The number of ether oxygens (including phenoxy) is 1. The van der Waals surface area contributed by atoms with E-state index in [9.17, 15) is 13.6 Å². The molecule has 0 fully saturated rings. The van der Waals surface area contributed by atoms with Crippen molar-refractivity contribution < 1.29 is 23.4 Å². The molecule has 0 unspecified atom stereocenters. The van der Waals surface area contributed by atoms with Gasteiger partial charge >= 0.3 is 5.97 Å². The van der Waals surface area contributed by atoms with Crippen molar-refractivity contribution in [2.75, 3.05) is 7.11 Å². The van der Waals surface area contributed by atoms with E-state index in [4.69, 9.17) is 9.84 Å². The Kier molecular flexibility index (Phi) is 3.77. The van der Waals surface area contributed by atoms with Crippen LogP contribution in [-0.2, 0) is 0 Å². The maximum atomic E-state index is 12.4. The highest BCUT2D eigenvalue weighted by atomic mass is 127. The maximum Gasteiger partial charge on any atom is 0.338 e. The van der Waals surface area contributed by atoms with E-state index in [2.05, 4.69) is 4.98 Å². The lowest BCUT2D eigenvalue weighted by Gasteiger charge is -2.10. The Bertz CT molecular complexity index is 398. The number of carboxylic acid groups (broad SMARTS) is 1. The van der Waals surface area contributed by atoms with Crippen LogP contribution >= 0.6 is 22.6 Å². The smallest absolute Gasteiger partial charge is 0.338 e. The fourth-order valence-corrected chi connectivity index (χ4v) is 1.85. The van der Waals surface area contributed by atoms with Crippen molar-refractivity contribution in [1.82, 2.24) is 4.98 Å². The fourth-order valence-electron chi connectivity index (χ4n) is 0.983. The third kappa shape index (κ3) is 2.33. The molecule has 4 nitrogen and oxygen atoms in total. The van der Waals surface area contributed by atoms with Gasteiger partial charge in [0.1, 0.15) is 5.69 Å². The Morgan fingerprint density at radius 1 is 1.67 bits per heavy atom. The third-order valence-electron chi connectivity index (χ3n) is 1.64. The molecule has 1 heterocycles. The molecule has 1 N–H and O–H groups in total. The van der Waals surface area contributed by atoms with Crippen LogP contribution in [0.3, 0.4) is 0 Å². The third-order valence-corrected chi connectivity index (χ3v) is 2.71. The maximum absolute atomic E-state index is 12.4. The van der Waals surface area contributed by atoms with E-state index in [-0.39, 0.29) is 14.9 Å². The van der Waals surface area contributed by atoms with Crippen LogP contribution in [0, 0.1) is 3.57 Å². The summed E-state index contributed by atoms with van der Waals surface area (Å²) in [4.78, 5) is 14.1. The number of pyridine rings is 1. The van der Waals surface area contributed by atoms with Gasteiger partial charge in [-0.3, -0.25) is 4.98 Å². The predicted molar refractivity (Wildman–Crippen MR) is 55.4 cm³/mol. The van der Waals surface area contributed by atoms with Crippen LogP contribution in [0.5, 0.6) is 5.75 Å². The molecule has 1 aromatic heterocycles. The zero-order valence-corrected chi connectivity index (χ0v) is 9.66. The molecule has 0 saturated heterocycles. The standard InChI is InChI=1S/C8H6F2INO3/c1-15-6-4(11)3(8(13)14)2-12-5(6)7(9)10/h2,7H,1H3,(H,13,14). The number of carboxylic acids is 1. The molecule has 1 rings (SSSR count). The summed E-state index contributed by atoms with van der Waals surface area (Å²) < 4.78 is 29.7. The second kappa shape index (κ2) is 4.69. The summed E-state index contributed by atoms with van der Waals surface area (Å²) in [6, 6.07) is 0. The van der Waals surface area contributed by atoms with E-state index in [0.717, 1.165) is 6.20 Å². The predicted octanol–water partition coefficient (Wildman–Crippen LogP) is 2.33. The highest BCUT2D eigenvalue weighted by Gasteiger charge is 2.22. The Labute approximate surface area is 97.4 Å². The van der Waals surface area contributed by atoms with Gasteiger partial charge in [-0.1, -0.05) is 0 Å². The number of rotatable bonds is 3. The van der Waals surface area contributed by atoms with Gasteiger partial charge < -0.3 is 9.84 Å². The van der Waals surface area contributed by atoms with Crippen LogP contribution in [0.1, 0.15) is 22.5 Å². The monoisotopic (exact) mass is 329 g/mol. The first-order valence-electron chi connectivity index (χ1n) is 3.72. The van der Waals surface area contributed by atoms with Gasteiger partial charge in [-0.2, -0.15) is 0 Å². The summed E-state index contributed by atoms with van der Waals surface area (Å²) in [6.45, 7) is 0. The van der Waals surface area contributed by atoms with Crippen LogP contribution in [0.25, 0.3) is 0 Å². The molecule has 0 aliphatic heterocycles. The van der Waals surface area contributed by atoms with Crippen LogP contribution in [-0.4, -0.2) is 23.2 Å². The molecule has 1 aromatic rings. The van der Waals surface area contributed by atoms with Gasteiger partial charge in [0.25, 0.3) is 6.43 Å². The minimum absolute atomic E-state index is 0.118. The Morgan fingerprint density at radius 2 is 2.27 bits per heavy atom. The first-order valence-corrected chi connectivity index (χ1v) is 4.80. The van der Waals surface area contributed by atoms with Gasteiger partial charge in [0.15, 0.2) is 5.75 Å². The van der Waals surface area contributed by atoms with Gasteiger partial charge in [0.05, 0.1) is 16.2 Å². The zero-order chi connectivity index (χ0) is 11.6. The highest BCUT2D eigenvalue weighted by Crippen LogP contribution is 2.32. The van der Waals surface area contributed by atoms with Crippen LogP contribution in [0.4, 0.5) is 8.78 Å². The molecule has 82 valence electrons. The molecule has 0 radical (unpaired) electrons. The summed E-state index contributed by atoms with van der Waals surface area (Å²) in [5.74, 6) is -1.42. The second-order valence-corrected chi connectivity index (χ2v) is 3.59. The molecule has 0 saturated carbocycles. The lowest BCUT2D eigenvalue weighted by atomic mass is 10.2.